The van der Waals surface area contributed by atoms with Crippen molar-refractivity contribution < 1.29 is 9.53 Å². The molecule has 2 aromatic rings. The minimum absolute atomic E-state index is 0.162. The maximum Gasteiger partial charge on any atom is 0.251 e. The number of nitrogens with one attached hydrogen (secondary N) is 1. The number of anilines is 1. The second-order valence-corrected chi connectivity index (χ2v) is 5.00. The van der Waals surface area contributed by atoms with Crippen LogP contribution in [-0.2, 0) is 6.54 Å². The van der Waals surface area contributed by atoms with E-state index in [0.29, 0.717) is 21.9 Å². The van der Waals surface area contributed by atoms with Crippen molar-refractivity contribution >= 4 is 34.9 Å². The monoisotopic (exact) mass is 325 g/mol. The highest BCUT2D eigenvalue weighted by Gasteiger charge is 2.12. The number of pyridine rings is 1. The molecule has 0 bridgehead atoms. The van der Waals surface area contributed by atoms with Gasteiger partial charge in [0, 0.05) is 22.7 Å². The molecule has 0 radical (unpaired) electrons. The van der Waals surface area contributed by atoms with Crippen molar-refractivity contribution in [3.8, 4) is 5.75 Å². The predicted octanol–water partition coefficient (Wildman–Crippen LogP) is 2.91. The quantitative estimate of drug-likeness (QED) is 0.847. The van der Waals surface area contributed by atoms with Gasteiger partial charge in [0.1, 0.15) is 16.7 Å². The number of hydrogen-bond donors (Lipinski definition) is 2. The summed E-state index contributed by atoms with van der Waals surface area (Å²) in [4.78, 5) is 15.9. The molecule has 0 atom stereocenters. The number of carbonyl (C=O) groups excluding carboxylic acids is 1. The van der Waals surface area contributed by atoms with Gasteiger partial charge in [0.25, 0.3) is 5.91 Å². The number of hydrogen-bond acceptors (Lipinski definition) is 4. The summed E-state index contributed by atoms with van der Waals surface area (Å²) in [5.74, 6) is 0.464. The molecule has 110 valence electrons. The first-order chi connectivity index (χ1) is 10.0. The number of carbonyl (C=O) groups is 1. The largest absolute Gasteiger partial charge is 0.496 e. The Labute approximate surface area is 132 Å². The summed E-state index contributed by atoms with van der Waals surface area (Å²) < 4.78 is 5.22. The molecule has 0 unspecified atom stereocenters. The van der Waals surface area contributed by atoms with E-state index in [0.717, 1.165) is 0 Å². The number of rotatable bonds is 4. The van der Waals surface area contributed by atoms with Crippen molar-refractivity contribution in [3.63, 3.8) is 0 Å². The maximum atomic E-state index is 12.1. The van der Waals surface area contributed by atoms with Gasteiger partial charge in [-0.25, -0.2) is 4.98 Å². The minimum Gasteiger partial charge on any atom is -0.496 e. The lowest BCUT2D eigenvalue weighted by molar-refractivity contribution is 0.0950. The Kier molecular flexibility index (Phi) is 4.88. The van der Waals surface area contributed by atoms with E-state index in [2.05, 4.69) is 10.3 Å². The second-order valence-electron chi connectivity index (χ2n) is 4.21. The number of ether oxygens (including phenoxy) is 1. The number of nitrogen functional groups attached to an aromatic ring is 1. The highest BCUT2D eigenvalue weighted by atomic mass is 35.5. The summed E-state index contributed by atoms with van der Waals surface area (Å²) in [5.41, 5.74) is 6.59. The fraction of sp³-hybridized carbons (Fsp3) is 0.143. The standard InChI is InChI=1S/C14H13Cl2N3O2/c1-21-11-4-2-3-10(15)9(11)7-18-14(20)8-5-12(16)19-13(17)6-8/h2-6H,7H2,1H3,(H2,17,19)(H,18,20). The Morgan fingerprint density at radius 3 is 2.81 bits per heavy atom. The summed E-state index contributed by atoms with van der Waals surface area (Å²) >= 11 is 11.9. The zero-order valence-electron chi connectivity index (χ0n) is 11.2. The van der Waals surface area contributed by atoms with E-state index in [4.69, 9.17) is 33.7 Å². The number of amides is 1. The van der Waals surface area contributed by atoms with Crippen molar-refractivity contribution in [2.45, 2.75) is 6.54 Å². The van der Waals surface area contributed by atoms with Crippen LogP contribution in [0.25, 0.3) is 0 Å². The van der Waals surface area contributed by atoms with Crippen LogP contribution in [-0.4, -0.2) is 18.0 Å². The molecule has 5 nitrogen and oxygen atoms in total. The summed E-state index contributed by atoms with van der Waals surface area (Å²) in [6.45, 7) is 0.224. The molecule has 0 saturated carbocycles. The lowest BCUT2D eigenvalue weighted by Gasteiger charge is -2.11. The fourth-order valence-corrected chi connectivity index (χ4v) is 2.27. The normalized spacial score (nSPS) is 10.2. The van der Waals surface area contributed by atoms with Gasteiger partial charge in [-0.1, -0.05) is 29.3 Å². The molecule has 0 aliphatic carbocycles. The fourth-order valence-electron chi connectivity index (χ4n) is 1.82. The first kappa shape index (κ1) is 15.4. The summed E-state index contributed by atoms with van der Waals surface area (Å²) in [6.07, 6.45) is 0. The van der Waals surface area contributed by atoms with Gasteiger partial charge in [0.15, 0.2) is 0 Å². The molecular formula is C14H13Cl2N3O2. The van der Waals surface area contributed by atoms with Gasteiger partial charge >= 0.3 is 0 Å². The van der Waals surface area contributed by atoms with Crippen LogP contribution in [0.2, 0.25) is 10.2 Å². The topological polar surface area (TPSA) is 77.2 Å². The Morgan fingerprint density at radius 2 is 2.14 bits per heavy atom. The maximum absolute atomic E-state index is 12.1. The van der Waals surface area contributed by atoms with E-state index in [1.54, 1.807) is 25.3 Å². The lowest BCUT2D eigenvalue weighted by atomic mass is 10.2. The molecule has 0 aliphatic heterocycles. The highest BCUT2D eigenvalue weighted by molar-refractivity contribution is 6.31. The first-order valence-electron chi connectivity index (χ1n) is 6.04. The van der Waals surface area contributed by atoms with Crippen LogP contribution in [0.4, 0.5) is 5.82 Å². The number of halogens is 2. The number of nitrogens with two attached hydrogens (primary N) is 1. The molecular weight excluding hydrogens is 313 g/mol. The first-order valence-corrected chi connectivity index (χ1v) is 6.79. The number of nitrogens with zero attached hydrogens (tertiary/aromatic N) is 1. The van der Waals surface area contributed by atoms with Gasteiger partial charge in [-0.3, -0.25) is 4.79 Å². The summed E-state index contributed by atoms with van der Waals surface area (Å²) in [6, 6.07) is 8.17. The molecule has 21 heavy (non-hydrogen) atoms. The highest BCUT2D eigenvalue weighted by Crippen LogP contribution is 2.26. The molecule has 1 aromatic heterocycles. The molecule has 1 aromatic carbocycles. The van der Waals surface area contributed by atoms with Crippen LogP contribution in [0.5, 0.6) is 5.75 Å². The van der Waals surface area contributed by atoms with Crippen LogP contribution >= 0.6 is 23.2 Å². The lowest BCUT2D eigenvalue weighted by Crippen LogP contribution is -2.23. The van der Waals surface area contributed by atoms with Crippen molar-refractivity contribution in [3.05, 3.63) is 51.6 Å². The Morgan fingerprint density at radius 1 is 1.38 bits per heavy atom. The van der Waals surface area contributed by atoms with E-state index in [9.17, 15) is 4.79 Å². The van der Waals surface area contributed by atoms with Crippen molar-refractivity contribution in [2.75, 3.05) is 12.8 Å². The number of benzene rings is 1. The van der Waals surface area contributed by atoms with E-state index < -0.39 is 0 Å². The Balaban J connectivity index is 2.15. The molecule has 1 heterocycles. The third-order valence-corrected chi connectivity index (χ3v) is 3.35. The molecule has 3 N–H and O–H groups in total. The number of aromatic nitrogens is 1. The van der Waals surface area contributed by atoms with Gasteiger partial charge in [-0.2, -0.15) is 0 Å². The smallest absolute Gasteiger partial charge is 0.251 e. The molecule has 0 spiro atoms. The predicted molar refractivity (Wildman–Crippen MR) is 82.8 cm³/mol. The van der Waals surface area contributed by atoms with Crippen molar-refractivity contribution in [2.24, 2.45) is 0 Å². The molecule has 0 fully saturated rings. The zero-order chi connectivity index (χ0) is 15.4. The zero-order valence-corrected chi connectivity index (χ0v) is 12.7. The number of methoxy groups -OCH3 is 1. The van der Waals surface area contributed by atoms with E-state index >= 15 is 0 Å². The van der Waals surface area contributed by atoms with Gasteiger partial charge in [0.05, 0.1) is 7.11 Å². The third-order valence-electron chi connectivity index (χ3n) is 2.80. The van der Waals surface area contributed by atoms with Crippen molar-refractivity contribution in [1.82, 2.24) is 10.3 Å². The molecule has 0 aliphatic rings. The van der Waals surface area contributed by atoms with Crippen LogP contribution in [0.15, 0.2) is 30.3 Å². The van der Waals surface area contributed by atoms with Gasteiger partial charge in [0.2, 0.25) is 0 Å². The van der Waals surface area contributed by atoms with Gasteiger partial charge < -0.3 is 15.8 Å². The SMILES string of the molecule is COc1cccc(Cl)c1CNC(=O)c1cc(N)nc(Cl)c1. The van der Waals surface area contributed by atoms with E-state index in [1.165, 1.54) is 12.1 Å². The van der Waals surface area contributed by atoms with Crippen LogP contribution in [0.1, 0.15) is 15.9 Å². The average molecular weight is 326 g/mol. The Hall–Kier alpha value is -1.98. The average Bonchev–Trinajstić information content (AvgIpc) is 2.44. The van der Waals surface area contributed by atoms with Crippen LogP contribution < -0.4 is 15.8 Å². The van der Waals surface area contributed by atoms with Crippen LogP contribution in [0.3, 0.4) is 0 Å². The van der Waals surface area contributed by atoms with Gasteiger partial charge in [-0.15, -0.1) is 0 Å². The molecule has 2 rings (SSSR count). The third kappa shape index (κ3) is 3.77. The molecule has 0 saturated heterocycles. The van der Waals surface area contributed by atoms with E-state index in [-0.39, 0.29) is 23.4 Å². The summed E-state index contributed by atoms with van der Waals surface area (Å²) in [7, 11) is 1.54. The summed E-state index contributed by atoms with van der Waals surface area (Å²) in [5, 5.41) is 3.42. The molecule has 7 heteroatoms. The van der Waals surface area contributed by atoms with Crippen molar-refractivity contribution in [1.29, 1.82) is 0 Å². The van der Waals surface area contributed by atoms with Gasteiger partial charge in [-0.05, 0) is 24.3 Å². The minimum atomic E-state index is -0.326. The Bertz CT molecular complexity index is 657. The van der Waals surface area contributed by atoms with E-state index in [1.807, 2.05) is 0 Å². The van der Waals surface area contributed by atoms with Crippen LogP contribution in [0, 0.1) is 0 Å². The molecule has 1 amide bonds. The second kappa shape index (κ2) is 6.65.